The van der Waals surface area contributed by atoms with Crippen molar-refractivity contribution in [2.24, 2.45) is 0 Å². The molecule has 6 heteroatoms. The summed E-state index contributed by atoms with van der Waals surface area (Å²) in [5.41, 5.74) is 2.28. The number of hydrogen-bond acceptors (Lipinski definition) is 3. The monoisotopic (exact) mass is 376 g/mol. The predicted molar refractivity (Wildman–Crippen MR) is 107 cm³/mol. The lowest BCUT2D eigenvalue weighted by molar-refractivity contribution is 0.0789. The van der Waals surface area contributed by atoms with Crippen LogP contribution in [0.25, 0.3) is 5.52 Å². The standard InChI is InChI=1S/C22H24N4O2/c27-21(23-13-8-11-17-9-2-1-3-10-17)20-24-19(18-12-4-5-16-26(18)20)22(28)25-14-6-7-15-25/h1-5,9-10,12,16H,6-8,11,13-15H2,(H,23,27). The minimum absolute atomic E-state index is 0.0932. The van der Waals surface area contributed by atoms with E-state index in [-0.39, 0.29) is 17.6 Å². The van der Waals surface area contributed by atoms with Gasteiger partial charge >= 0.3 is 0 Å². The number of benzene rings is 1. The molecule has 0 unspecified atom stereocenters. The summed E-state index contributed by atoms with van der Waals surface area (Å²) in [6.45, 7) is 2.07. The van der Waals surface area contributed by atoms with E-state index in [4.69, 9.17) is 0 Å². The van der Waals surface area contributed by atoms with Gasteiger partial charge in [-0.3, -0.25) is 14.0 Å². The predicted octanol–water partition coefficient (Wildman–Crippen LogP) is 2.93. The average molecular weight is 376 g/mol. The zero-order valence-corrected chi connectivity index (χ0v) is 15.8. The molecule has 1 N–H and O–H groups in total. The molecule has 2 amide bonds. The molecule has 28 heavy (non-hydrogen) atoms. The van der Waals surface area contributed by atoms with Crippen LogP contribution < -0.4 is 5.32 Å². The molecule has 1 aliphatic heterocycles. The van der Waals surface area contributed by atoms with Gasteiger partial charge in [0.1, 0.15) is 0 Å². The molecule has 3 aromatic rings. The van der Waals surface area contributed by atoms with E-state index in [1.165, 1.54) is 5.56 Å². The number of nitrogens with zero attached hydrogens (tertiary/aromatic N) is 3. The second kappa shape index (κ2) is 8.25. The topological polar surface area (TPSA) is 66.7 Å². The maximum absolute atomic E-state index is 12.8. The molecule has 3 heterocycles. The Kier molecular flexibility index (Phi) is 5.37. The molecule has 1 aromatic carbocycles. The number of pyridine rings is 1. The summed E-state index contributed by atoms with van der Waals surface area (Å²) in [7, 11) is 0. The number of fused-ring (bicyclic) bond motifs is 1. The Morgan fingerprint density at radius 3 is 2.54 bits per heavy atom. The molecule has 4 rings (SSSR count). The molecular weight excluding hydrogens is 352 g/mol. The summed E-state index contributed by atoms with van der Waals surface area (Å²) >= 11 is 0. The van der Waals surface area contributed by atoms with Gasteiger partial charge in [-0.15, -0.1) is 0 Å². The van der Waals surface area contributed by atoms with Gasteiger partial charge in [-0.05, 0) is 43.4 Å². The number of amides is 2. The van der Waals surface area contributed by atoms with Crippen LogP contribution in [0.2, 0.25) is 0 Å². The molecule has 2 aromatic heterocycles. The van der Waals surface area contributed by atoms with E-state index in [1.54, 1.807) is 10.6 Å². The highest BCUT2D eigenvalue weighted by Gasteiger charge is 2.26. The van der Waals surface area contributed by atoms with E-state index in [9.17, 15) is 9.59 Å². The molecule has 0 aliphatic carbocycles. The zero-order chi connectivity index (χ0) is 19.3. The third-order valence-corrected chi connectivity index (χ3v) is 5.12. The van der Waals surface area contributed by atoms with Crippen LogP contribution >= 0.6 is 0 Å². The van der Waals surface area contributed by atoms with Crippen molar-refractivity contribution in [3.8, 4) is 0 Å². The lowest BCUT2D eigenvalue weighted by atomic mass is 10.1. The van der Waals surface area contributed by atoms with Crippen molar-refractivity contribution in [2.45, 2.75) is 25.7 Å². The van der Waals surface area contributed by atoms with Crippen LogP contribution in [-0.4, -0.2) is 45.7 Å². The Morgan fingerprint density at radius 1 is 1.00 bits per heavy atom. The van der Waals surface area contributed by atoms with E-state index < -0.39 is 0 Å². The van der Waals surface area contributed by atoms with Crippen molar-refractivity contribution in [1.29, 1.82) is 0 Å². The van der Waals surface area contributed by atoms with Gasteiger partial charge in [0.25, 0.3) is 11.8 Å². The Morgan fingerprint density at radius 2 is 1.75 bits per heavy atom. The summed E-state index contributed by atoms with van der Waals surface area (Å²) in [5, 5.41) is 2.94. The van der Waals surface area contributed by atoms with Crippen molar-refractivity contribution in [1.82, 2.24) is 19.6 Å². The molecule has 1 fully saturated rings. The second-order valence-corrected chi connectivity index (χ2v) is 7.08. The van der Waals surface area contributed by atoms with Gasteiger partial charge in [0, 0.05) is 25.8 Å². The average Bonchev–Trinajstić information content (AvgIpc) is 3.40. The number of likely N-dealkylation sites (tertiary alicyclic amines) is 1. The normalized spacial score (nSPS) is 13.8. The van der Waals surface area contributed by atoms with Gasteiger partial charge in [-0.1, -0.05) is 36.4 Å². The van der Waals surface area contributed by atoms with E-state index in [0.29, 0.717) is 17.8 Å². The molecule has 0 saturated carbocycles. The van der Waals surface area contributed by atoms with Gasteiger partial charge in [0.2, 0.25) is 5.82 Å². The highest BCUT2D eigenvalue weighted by molar-refractivity contribution is 6.02. The summed E-state index contributed by atoms with van der Waals surface area (Å²) in [6, 6.07) is 15.7. The third-order valence-electron chi connectivity index (χ3n) is 5.12. The van der Waals surface area contributed by atoms with Crippen molar-refractivity contribution >= 4 is 17.3 Å². The van der Waals surface area contributed by atoms with Gasteiger partial charge in [0.05, 0.1) is 5.52 Å². The largest absolute Gasteiger partial charge is 0.349 e. The van der Waals surface area contributed by atoms with Crippen LogP contribution in [0.4, 0.5) is 0 Å². The number of hydrogen-bond donors (Lipinski definition) is 1. The lowest BCUT2D eigenvalue weighted by Gasteiger charge is -2.13. The molecule has 0 spiro atoms. The lowest BCUT2D eigenvalue weighted by Crippen LogP contribution is -2.29. The molecule has 144 valence electrons. The number of imidazole rings is 1. The first-order chi connectivity index (χ1) is 13.7. The Hall–Kier alpha value is -3.15. The first-order valence-corrected chi connectivity index (χ1v) is 9.82. The number of rotatable bonds is 6. The maximum atomic E-state index is 12.8. The molecule has 1 saturated heterocycles. The molecular formula is C22H24N4O2. The second-order valence-electron chi connectivity index (χ2n) is 7.08. The number of aromatic nitrogens is 2. The highest BCUT2D eigenvalue weighted by atomic mass is 16.2. The summed E-state index contributed by atoms with van der Waals surface area (Å²) in [6.07, 6.45) is 5.57. The fourth-order valence-corrected chi connectivity index (χ4v) is 3.64. The summed E-state index contributed by atoms with van der Waals surface area (Å²) < 4.78 is 1.70. The number of carbonyl (C=O) groups is 2. The third kappa shape index (κ3) is 3.76. The summed E-state index contributed by atoms with van der Waals surface area (Å²) in [4.78, 5) is 31.8. The SMILES string of the molecule is O=C(NCCCc1ccccc1)c1nc(C(=O)N2CCCC2)c2ccccn12. The zero-order valence-electron chi connectivity index (χ0n) is 15.8. The fourth-order valence-electron chi connectivity index (χ4n) is 3.64. The summed E-state index contributed by atoms with van der Waals surface area (Å²) in [5.74, 6) is -0.0862. The smallest absolute Gasteiger partial charge is 0.287 e. The number of aryl methyl sites for hydroxylation is 1. The first kappa shape index (κ1) is 18.2. The van der Waals surface area contributed by atoms with Crippen molar-refractivity contribution in [3.63, 3.8) is 0 Å². The van der Waals surface area contributed by atoms with E-state index in [2.05, 4.69) is 22.4 Å². The van der Waals surface area contributed by atoms with E-state index in [0.717, 1.165) is 38.8 Å². The molecule has 0 radical (unpaired) electrons. The van der Waals surface area contributed by atoms with Gasteiger partial charge < -0.3 is 10.2 Å². The molecule has 0 atom stereocenters. The van der Waals surface area contributed by atoms with Gasteiger partial charge in [-0.2, -0.15) is 0 Å². The van der Waals surface area contributed by atoms with Crippen LogP contribution in [0.1, 0.15) is 45.9 Å². The van der Waals surface area contributed by atoms with E-state index in [1.807, 2.05) is 41.3 Å². The fraction of sp³-hybridized carbons (Fsp3) is 0.318. The van der Waals surface area contributed by atoms with Gasteiger partial charge in [-0.25, -0.2) is 4.98 Å². The minimum Gasteiger partial charge on any atom is -0.349 e. The number of nitrogens with one attached hydrogen (secondary N) is 1. The van der Waals surface area contributed by atoms with Gasteiger partial charge in [0.15, 0.2) is 5.69 Å². The molecule has 6 nitrogen and oxygen atoms in total. The minimum atomic E-state index is -0.255. The maximum Gasteiger partial charge on any atom is 0.287 e. The van der Waals surface area contributed by atoms with Crippen molar-refractivity contribution < 1.29 is 9.59 Å². The number of carbonyl (C=O) groups excluding carboxylic acids is 2. The van der Waals surface area contributed by atoms with Crippen molar-refractivity contribution in [2.75, 3.05) is 19.6 Å². The van der Waals surface area contributed by atoms with Crippen LogP contribution in [0.5, 0.6) is 0 Å². The molecule has 1 aliphatic rings. The first-order valence-electron chi connectivity index (χ1n) is 9.82. The molecule has 0 bridgehead atoms. The van der Waals surface area contributed by atoms with Crippen LogP contribution in [0, 0.1) is 0 Å². The van der Waals surface area contributed by atoms with Crippen LogP contribution in [0.3, 0.4) is 0 Å². The van der Waals surface area contributed by atoms with E-state index >= 15 is 0 Å². The van der Waals surface area contributed by atoms with Crippen LogP contribution in [-0.2, 0) is 6.42 Å². The highest BCUT2D eigenvalue weighted by Crippen LogP contribution is 2.18. The Labute approximate surface area is 164 Å². The quantitative estimate of drug-likeness (QED) is 0.673. The Balaban J connectivity index is 1.47. The van der Waals surface area contributed by atoms with Crippen molar-refractivity contribution in [3.05, 3.63) is 71.8 Å². The van der Waals surface area contributed by atoms with Crippen LogP contribution in [0.15, 0.2) is 54.7 Å². The Bertz CT molecular complexity index is 975.